The van der Waals surface area contributed by atoms with Crippen LogP contribution in [0.1, 0.15) is 18.2 Å². The van der Waals surface area contributed by atoms with E-state index in [1.165, 1.54) is 12.3 Å². The second-order valence-corrected chi connectivity index (χ2v) is 6.27. The van der Waals surface area contributed by atoms with Gasteiger partial charge in [-0.3, -0.25) is 4.79 Å². The van der Waals surface area contributed by atoms with Crippen molar-refractivity contribution in [2.45, 2.75) is 19.3 Å². The molecular formula is C21H18FN3O3. The maximum Gasteiger partial charge on any atom is 0.220 e. The number of hydrogen-bond donors (Lipinski definition) is 1. The number of amides is 1. The quantitative estimate of drug-likeness (QED) is 0.526. The van der Waals surface area contributed by atoms with Crippen LogP contribution >= 0.6 is 0 Å². The number of para-hydroxylation sites is 2. The van der Waals surface area contributed by atoms with Crippen molar-refractivity contribution in [3.8, 4) is 11.3 Å². The molecular weight excluding hydrogens is 361 g/mol. The van der Waals surface area contributed by atoms with Crippen LogP contribution in [0.2, 0.25) is 0 Å². The van der Waals surface area contributed by atoms with E-state index in [1.54, 1.807) is 18.2 Å². The maximum atomic E-state index is 13.8. The van der Waals surface area contributed by atoms with Gasteiger partial charge in [-0.05, 0) is 24.3 Å². The Bertz CT molecular complexity index is 1070. The predicted molar refractivity (Wildman–Crippen MR) is 101 cm³/mol. The topological polar surface area (TPSA) is 81.2 Å². The fraction of sp³-hybridized carbons (Fsp3) is 0.190. The van der Waals surface area contributed by atoms with Crippen molar-refractivity contribution in [1.29, 1.82) is 0 Å². The van der Waals surface area contributed by atoms with E-state index in [2.05, 4.69) is 15.3 Å². The van der Waals surface area contributed by atoms with Crippen LogP contribution in [0.15, 0.2) is 63.6 Å². The number of nitrogens with one attached hydrogen (secondary N) is 1. The smallest absolute Gasteiger partial charge is 0.220 e. The van der Waals surface area contributed by atoms with Gasteiger partial charge < -0.3 is 14.2 Å². The minimum absolute atomic E-state index is 0.123. The third-order valence-corrected chi connectivity index (χ3v) is 4.26. The van der Waals surface area contributed by atoms with Crippen LogP contribution in [-0.2, 0) is 17.6 Å². The van der Waals surface area contributed by atoms with E-state index in [9.17, 15) is 9.18 Å². The average molecular weight is 379 g/mol. The molecule has 1 amide bonds. The van der Waals surface area contributed by atoms with E-state index in [4.69, 9.17) is 8.83 Å². The lowest BCUT2D eigenvalue weighted by atomic mass is 10.2. The Morgan fingerprint density at radius 3 is 2.68 bits per heavy atom. The van der Waals surface area contributed by atoms with E-state index in [-0.39, 0.29) is 18.1 Å². The van der Waals surface area contributed by atoms with Crippen molar-refractivity contribution in [2.24, 2.45) is 0 Å². The number of benzene rings is 2. The monoisotopic (exact) mass is 379 g/mol. The molecule has 7 heteroatoms. The Morgan fingerprint density at radius 1 is 1.00 bits per heavy atom. The molecule has 2 aromatic carbocycles. The van der Waals surface area contributed by atoms with Gasteiger partial charge in [0.05, 0.1) is 11.8 Å². The van der Waals surface area contributed by atoms with Gasteiger partial charge in [0.2, 0.25) is 5.91 Å². The molecule has 0 saturated carbocycles. The summed E-state index contributed by atoms with van der Waals surface area (Å²) in [6, 6.07) is 13.9. The van der Waals surface area contributed by atoms with Gasteiger partial charge in [-0.25, -0.2) is 14.4 Å². The lowest BCUT2D eigenvalue weighted by Crippen LogP contribution is -2.25. The lowest BCUT2D eigenvalue weighted by molar-refractivity contribution is -0.121. The summed E-state index contributed by atoms with van der Waals surface area (Å²) >= 11 is 0. The minimum Gasteiger partial charge on any atom is -0.441 e. The third kappa shape index (κ3) is 4.09. The largest absolute Gasteiger partial charge is 0.441 e. The molecule has 2 aromatic heterocycles. The Hall–Kier alpha value is -3.48. The highest BCUT2D eigenvalue weighted by Crippen LogP contribution is 2.23. The van der Waals surface area contributed by atoms with Gasteiger partial charge in [-0.2, -0.15) is 0 Å². The summed E-state index contributed by atoms with van der Waals surface area (Å²) in [4.78, 5) is 20.5. The SMILES string of the molecule is O=C(CCc1ncc(-c2ccccc2F)o1)NCCc1nc2ccccc2o1. The number of nitrogens with zero attached hydrogens (tertiary/aromatic N) is 2. The van der Waals surface area contributed by atoms with Gasteiger partial charge in [0.1, 0.15) is 11.3 Å². The van der Waals surface area contributed by atoms with E-state index in [1.807, 2.05) is 24.3 Å². The second-order valence-electron chi connectivity index (χ2n) is 6.27. The fourth-order valence-corrected chi connectivity index (χ4v) is 2.86. The maximum absolute atomic E-state index is 13.8. The van der Waals surface area contributed by atoms with Crippen LogP contribution in [0.4, 0.5) is 4.39 Å². The number of carbonyl (C=O) groups excluding carboxylic acids is 1. The van der Waals surface area contributed by atoms with E-state index in [0.717, 1.165) is 11.1 Å². The summed E-state index contributed by atoms with van der Waals surface area (Å²) in [5.74, 6) is 0.837. The molecule has 0 radical (unpaired) electrons. The first-order valence-corrected chi connectivity index (χ1v) is 9.00. The van der Waals surface area contributed by atoms with Crippen molar-refractivity contribution < 1.29 is 18.0 Å². The summed E-state index contributed by atoms with van der Waals surface area (Å²) in [5.41, 5.74) is 1.89. The Kier molecular flexibility index (Phi) is 5.14. The van der Waals surface area contributed by atoms with Gasteiger partial charge in [0.25, 0.3) is 0 Å². The predicted octanol–water partition coefficient (Wildman–Crippen LogP) is 3.91. The molecule has 0 spiro atoms. The standard InChI is InChI=1S/C21H18FN3O3/c22-15-6-2-1-5-14(15)18-13-24-20(28-18)10-9-19(26)23-12-11-21-25-16-7-3-4-8-17(16)27-21/h1-8,13H,9-12H2,(H,23,26). The molecule has 4 aromatic rings. The number of halogens is 1. The summed E-state index contributed by atoms with van der Waals surface area (Å²) in [6.07, 6.45) is 2.55. The van der Waals surface area contributed by atoms with Gasteiger partial charge >= 0.3 is 0 Å². The molecule has 6 nitrogen and oxygen atoms in total. The first kappa shape index (κ1) is 17.9. The molecule has 28 heavy (non-hydrogen) atoms. The minimum atomic E-state index is -0.373. The zero-order valence-corrected chi connectivity index (χ0v) is 15.0. The zero-order chi connectivity index (χ0) is 19.3. The molecule has 142 valence electrons. The van der Waals surface area contributed by atoms with Crippen LogP contribution in [-0.4, -0.2) is 22.4 Å². The lowest BCUT2D eigenvalue weighted by Gasteiger charge is -2.02. The van der Waals surface area contributed by atoms with Crippen LogP contribution in [0.3, 0.4) is 0 Å². The van der Waals surface area contributed by atoms with Gasteiger partial charge in [0, 0.05) is 25.8 Å². The first-order chi connectivity index (χ1) is 13.7. The van der Waals surface area contributed by atoms with Gasteiger partial charge in [-0.15, -0.1) is 0 Å². The van der Waals surface area contributed by atoms with Crippen molar-refractivity contribution in [3.63, 3.8) is 0 Å². The fourth-order valence-electron chi connectivity index (χ4n) is 2.86. The van der Waals surface area contributed by atoms with Crippen molar-refractivity contribution in [1.82, 2.24) is 15.3 Å². The number of aryl methyl sites for hydroxylation is 1. The molecule has 1 N–H and O–H groups in total. The molecule has 0 saturated heterocycles. The third-order valence-electron chi connectivity index (χ3n) is 4.26. The molecule has 0 aliphatic carbocycles. The number of carbonyl (C=O) groups is 1. The number of hydrogen-bond acceptors (Lipinski definition) is 5. The number of aromatic nitrogens is 2. The number of rotatable bonds is 7. The number of fused-ring (bicyclic) bond motifs is 1. The number of oxazole rings is 2. The highest BCUT2D eigenvalue weighted by atomic mass is 19.1. The summed E-state index contributed by atoms with van der Waals surface area (Å²) in [6.45, 7) is 0.428. The second kappa shape index (κ2) is 8.04. The first-order valence-electron chi connectivity index (χ1n) is 9.00. The normalized spacial score (nSPS) is 11.0. The molecule has 0 bridgehead atoms. The highest BCUT2D eigenvalue weighted by Gasteiger charge is 2.12. The molecule has 0 aliphatic heterocycles. The van der Waals surface area contributed by atoms with Crippen molar-refractivity contribution in [3.05, 3.63) is 72.3 Å². The van der Waals surface area contributed by atoms with Crippen LogP contribution < -0.4 is 5.32 Å². The van der Waals surface area contributed by atoms with Gasteiger partial charge in [0.15, 0.2) is 23.1 Å². The van der Waals surface area contributed by atoms with E-state index >= 15 is 0 Å². The van der Waals surface area contributed by atoms with Crippen LogP contribution in [0, 0.1) is 5.82 Å². The van der Waals surface area contributed by atoms with Crippen molar-refractivity contribution in [2.75, 3.05) is 6.54 Å². The summed E-state index contributed by atoms with van der Waals surface area (Å²) in [5, 5.41) is 2.82. The molecule has 2 heterocycles. The Balaban J connectivity index is 1.25. The highest BCUT2D eigenvalue weighted by molar-refractivity contribution is 5.76. The van der Waals surface area contributed by atoms with Crippen molar-refractivity contribution >= 4 is 17.0 Å². The summed E-state index contributed by atoms with van der Waals surface area (Å²) < 4.78 is 24.9. The van der Waals surface area contributed by atoms with E-state index < -0.39 is 0 Å². The average Bonchev–Trinajstić information content (AvgIpc) is 3.33. The van der Waals surface area contributed by atoms with Gasteiger partial charge in [-0.1, -0.05) is 24.3 Å². The van der Waals surface area contributed by atoms with Crippen LogP contribution in [0.5, 0.6) is 0 Å². The molecule has 0 atom stereocenters. The Morgan fingerprint density at radius 2 is 1.82 bits per heavy atom. The van der Waals surface area contributed by atoms with Crippen LogP contribution in [0.25, 0.3) is 22.4 Å². The molecule has 0 unspecified atom stereocenters. The molecule has 0 fully saturated rings. The zero-order valence-electron chi connectivity index (χ0n) is 15.0. The Labute approximate surface area is 160 Å². The molecule has 4 rings (SSSR count). The van der Waals surface area contributed by atoms with E-state index in [0.29, 0.717) is 42.5 Å². The summed E-state index contributed by atoms with van der Waals surface area (Å²) in [7, 11) is 0. The molecule has 0 aliphatic rings.